The van der Waals surface area contributed by atoms with Crippen LogP contribution in [0.2, 0.25) is 0 Å². The van der Waals surface area contributed by atoms with Gasteiger partial charge in [0.25, 0.3) is 0 Å². The van der Waals surface area contributed by atoms with Gasteiger partial charge in [0.05, 0.1) is 17.6 Å². The fourth-order valence-electron chi connectivity index (χ4n) is 2.17. The molecule has 4 heteroatoms. The van der Waals surface area contributed by atoms with Crippen LogP contribution < -0.4 is 5.32 Å². The Kier molecular flexibility index (Phi) is 4.56. The lowest BCUT2D eigenvalue weighted by molar-refractivity contribution is 0.364. The Morgan fingerprint density at radius 3 is 2.74 bits per heavy atom. The second-order valence-corrected chi connectivity index (χ2v) is 5.45. The predicted octanol–water partition coefficient (Wildman–Crippen LogP) is 2.00. The van der Waals surface area contributed by atoms with E-state index in [1.165, 1.54) is 5.52 Å². The molecule has 0 aliphatic carbocycles. The molecule has 0 saturated carbocycles. The van der Waals surface area contributed by atoms with Gasteiger partial charge in [0, 0.05) is 13.1 Å². The van der Waals surface area contributed by atoms with E-state index in [9.17, 15) is 0 Å². The summed E-state index contributed by atoms with van der Waals surface area (Å²) < 4.78 is 2.17. The number of nitrogens with one attached hydrogen (secondary N) is 1. The van der Waals surface area contributed by atoms with Crippen molar-refractivity contribution in [3.63, 3.8) is 0 Å². The fraction of sp³-hybridized carbons (Fsp3) is 0.533. The van der Waals surface area contributed by atoms with Crippen LogP contribution in [0.15, 0.2) is 24.3 Å². The van der Waals surface area contributed by atoms with Crippen LogP contribution in [0.5, 0.6) is 0 Å². The number of imidazole rings is 1. The molecule has 1 unspecified atom stereocenters. The molecule has 0 aliphatic heterocycles. The summed E-state index contributed by atoms with van der Waals surface area (Å²) in [7, 11) is 6.30. The molecule has 0 amide bonds. The van der Waals surface area contributed by atoms with Crippen molar-refractivity contribution in [2.45, 2.75) is 25.9 Å². The summed E-state index contributed by atoms with van der Waals surface area (Å²) in [6.45, 7) is 4.16. The van der Waals surface area contributed by atoms with E-state index in [1.54, 1.807) is 0 Å². The van der Waals surface area contributed by atoms with Crippen molar-refractivity contribution < 1.29 is 0 Å². The van der Waals surface area contributed by atoms with Gasteiger partial charge in [-0.05, 0) is 46.1 Å². The van der Waals surface area contributed by atoms with Crippen LogP contribution in [0, 0.1) is 0 Å². The van der Waals surface area contributed by atoms with Gasteiger partial charge >= 0.3 is 0 Å². The summed E-state index contributed by atoms with van der Waals surface area (Å²) in [5.41, 5.74) is 2.27. The van der Waals surface area contributed by atoms with Crippen LogP contribution in [0.4, 0.5) is 0 Å². The molecule has 1 N–H and O–H groups in total. The summed E-state index contributed by atoms with van der Waals surface area (Å²) in [6.07, 6.45) is 1.15. The third-order valence-electron chi connectivity index (χ3n) is 3.50. The molecule has 4 nitrogen and oxygen atoms in total. The highest BCUT2D eigenvalue weighted by Gasteiger charge is 2.08. The van der Waals surface area contributed by atoms with Crippen molar-refractivity contribution in [2.75, 3.05) is 20.6 Å². The van der Waals surface area contributed by atoms with Gasteiger partial charge in [-0.1, -0.05) is 12.1 Å². The molecule has 1 aromatic heterocycles. The normalized spacial score (nSPS) is 13.3. The van der Waals surface area contributed by atoms with Crippen LogP contribution in [-0.2, 0) is 13.6 Å². The Morgan fingerprint density at radius 2 is 2.05 bits per heavy atom. The van der Waals surface area contributed by atoms with Gasteiger partial charge in [-0.25, -0.2) is 4.98 Å². The van der Waals surface area contributed by atoms with Gasteiger partial charge < -0.3 is 14.8 Å². The average Bonchev–Trinajstić information content (AvgIpc) is 2.71. The van der Waals surface area contributed by atoms with Crippen LogP contribution in [0.3, 0.4) is 0 Å². The molecule has 2 aromatic rings. The smallest absolute Gasteiger partial charge is 0.123 e. The molecule has 1 heterocycles. The van der Waals surface area contributed by atoms with E-state index >= 15 is 0 Å². The van der Waals surface area contributed by atoms with E-state index in [4.69, 9.17) is 0 Å². The quantitative estimate of drug-likeness (QED) is 0.862. The molecule has 104 valence electrons. The predicted molar refractivity (Wildman–Crippen MR) is 80.2 cm³/mol. The summed E-state index contributed by atoms with van der Waals surface area (Å²) in [5, 5.41) is 3.55. The number of rotatable bonds is 6. The maximum atomic E-state index is 4.67. The third-order valence-corrected chi connectivity index (χ3v) is 3.50. The Labute approximate surface area is 115 Å². The molecule has 2 rings (SSSR count). The van der Waals surface area contributed by atoms with Gasteiger partial charge in [-0.2, -0.15) is 0 Å². The minimum Gasteiger partial charge on any atom is -0.330 e. The molecule has 0 saturated heterocycles. The van der Waals surface area contributed by atoms with Gasteiger partial charge in [-0.3, -0.25) is 0 Å². The van der Waals surface area contributed by atoms with Crippen molar-refractivity contribution in [3.05, 3.63) is 30.1 Å². The molecular weight excluding hydrogens is 236 g/mol. The van der Waals surface area contributed by atoms with E-state index < -0.39 is 0 Å². The maximum absolute atomic E-state index is 4.67. The number of para-hydroxylation sites is 2. The number of aromatic nitrogens is 2. The topological polar surface area (TPSA) is 33.1 Å². The average molecular weight is 260 g/mol. The first-order chi connectivity index (χ1) is 9.08. The maximum Gasteiger partial charge on any atom is 0.123 e. The monoisotopic (exact) mass is 260 g/mol. The van der Waals surface area contributed by atoms with Crippen LogP contribution in [0.25, 0.3) is 11.0 Å². The van der Waals surface area contributed by atoms with Crippen LogP contribution in [0.1, 0.15) is 19.2 Å². The van der Waals surface area contributed by atoms with Gasteiger partial charge in [-0.15, -0.1) is 0 Å². The van der Waals surface area contributed by atoms with Crippen LogP contribution >= 0.6 is 0 Å². The molecule has 1 aromatic carbocycles. The first-order valence-corrected chi connectivity index (χ1v) is 6.86. The van der Waals surface area contributed by atoms with Crippen molar-refractivity contribution in [1.82, 2.24) is 19.8 Å². The Morgan fingerprint density at radius 1 is 1.32 bits per heavy atom. The zero-order chi connectivity index (χ0) is 13.8. The second-order valence-electron chi connectivity index (χ2n) is 5.45. The lowest BCUT2D eigenvalue weighted by atomic mass is 10.2. The molecule has 0 radical (unpaired) electrons. The zero-order valence-corrected chi connectivity index (χ0v) is 12.3. The minimum atomic E-state index is 0.502. The minimum absolute atomic E-state index is 0.502. The number of benzene rings is 1. The molecule has 0 bridgehead atoms. The standard InChI is InChI=1S/C15H24N4/c1-12(9-10-18(2)3)16-11-15-17-13-7-5-6-8-14(13)19(15)4/h5-8,12,16H,9-11H2,1-4H3. The lowest BCUT2D eigenvalue weighted by Crippen LogP contribution is -2.30. The Bertz CT molecular complexity index is 530. The zero-order valence-electron chi connectivity index (χ0n) is 12.3. The number of hydrogen-bond acceptors (Lipinski definition) is 3. The van der Waals surface area contributed by atoms with Crippen molar-refractivity contribution in [3.8, 4) is 0 Å². The summed E-state index contributed by atoms with van der Waals surface area (Å²) >= 11 is 0. The number of aryl methyl sites for hydroxylation is 1. The van der Waals surface area contributed by atoms with Crippen molar-refractivity contribution >= 4 is 11.0 Å². The number of fused-ring (bicyclic) bond motifs is 1. The molecule has 1 atom stereocenters. The molecule has 19 heavy (non-hydrogen) atoms. The molecule has 0 spiro atoms. The van der Waals surface area contributed by atoms with Gasteiger partial charge in [0.2, 0.25) is 0 Å². The van der Waals surface area contributed by atoms with E-state index in [2.05, 4.69) is 66.0 Å². The second kappa shape index (κ2) is 6.17. The lowest BCUT2D eigenvalue weighted by Gasteiger charge is -2.16. The van der Waals surface area contributed by atoms with Crippen molar-refractivity contribution in [2.24, 2.45) is 7.05 Å². The van der Waals surface area contributed by atoms with Gasteiger partial charge in [0.15, 0.2) is 0 Å². The highest BCUT2D eigenvalue weighted by molar-refractivity contribution is 5.75. The fourth-order valence-corrected chi connectivity index (χ4v) is 2.17. The summed E-state index contributed by atoms with van der Waals surface area (Å²) in [5.74, 6) is 1.10. The van der Waals surface area contributed by atoms with E-state index in [0.29, 0.717) is 6.04 Å². The van der Waals surface area contributed by atoms with E-state index in [1.807, 2.05) is 6.07 Å². The number of nitrogens with zero attached hydrogens (tertiary/aromatic N) is 3. The molecule has 0 aliphatic rings. The molecular formula is C15H24N4. The van der Waals surface area contributed by atoms with Gasteiger partial charge in [0.1, 0.15) is 5.82 Å². The summed E-state index contributed by atoms with van der Waals surface area (Å²) in [6, 6.07) is 8.77. The highest BCUT2D eigenvalue weighted by Crippen LogP contribution is 2.14. The Balaban J connectivity index is 1.96. The SMILES string of the molecule is CC(CCN(C)C)NCc1nc2ccccc2n1C. The Hall–Kier alpha value is -1.39. The van der Waals surface area contributed by atoms with Crippen LogP contribution in [-0.4, -0.2) is 41.1 Å². The van der Waals surface area contributed by atoms with E-state index in [0.717, 1.165) is 30.9 Å². The summed E-state index contributed by atoms with van der Waals surface area (Å²) in [4.78, 5) is 6.89. The number of hydrogen-bond donors (Lipinski definition) is 1. The first kappa shape index (κ1) is 14.0. The van der Waals surface area contributed by atoms with E-state index in [-0.39, 0.29) is 0 Å². The first-order valence-electron chi connectivity index (χ1n) is 6.86. The highest BCUT2D eigenvalue weighted by atomic mass is 15.1. The van der Waals surface area contributed by atoms with Crippen molar-refractivity contribution in [1.29, 1.82) is 0 Å². The molecule has 0 fully saturated rings. The largest absolute Gasteiger partial charge is 0.330 e. The third kappa shape index (κ3) is 3.55.